The molecule has 0 saturated carbocycles. The van der Waals surface area contributed by atoms with Gasteiger partial charge in [-0.3, -0.25) is 4.79 Å². The SMILES string of the molecule is O=C1CCC(Cc2ccc(-c3ccccc3)cc2)N1/C=C/c1ccccc1. The van der Waals surface area contributed by atoms with Gasteiger partial charge in [0.2, 0.25) is 5.91 Å². The van der Waals surface area contributed by atoms with Crippen molar-refractivity contribution >= 4 is 12.0 Å². The van der Waals surface area contributed by atoms with Gasteiger partial charge in [-0.05, 0) is 41.2 Å². The molecule has 1 amide bonds. The second-order valence-corrected chi connectivity index (χ2v) is 6.99. The van der Waals surface area contributed by atoms with Gasteiger partial charge < -0.3 is 4.90 Å². The molecule has 134 valence electrons. The van der Waals surface area contributed by atoms with Crippen LogP contribution < -0.4 is 0 Å². The van der Waals surface area contributed by atoms with E-state index in [4.69, 9.17) is 0 Å². The molecule has 1 fully saturated rings. The molecule has 0 spiro atoms. The summed E-state index contributed by atoms with van der Waals surface area (Å²) in [6, 6.07) is 29.5. The molecule has 2 heteroatoms. The third-order valence-electron chi connectivity index (χ3n) is 5.13. The molecule has 1 unspecified atom stereocenters. The Balaban J connectivity index is 1.46. The van der Waals surface area contributed by atoms with E-state index in [1.54, 1.807) is 0 Å². The highest BCUT2D eigenvalue weighted by Gasteiger charge is 2.29. The normalized spacial score (nSPS) is 17.0. The van der Waals surface area contributed by atoms with Crippen molar-refractivity contribution in [2.75, 3.05) is 0 Å². The van der Waals surface area contributed by atoms with Gasteiger partial charge in [-0.1, -0.05) is 84.9 Å². The number of hydrogen-bond donors (Lipinski definition) is 0. The van der Waals surface area contributed by atoms with E-state index in [2.05, 4.69) is 48.5 Å². The number of carbonyl (C=O) groups excluding carboxylic acids is 1. The molecule has 1 heterocycles. The van der Waals surface area contributed by atoms with Crippen LogP contribution >= 0.6 is 0 Å². The molecule has 1 atom stereocenters. The maximum atomic E-state index is 12.3. The lowest BCUT2D eigenvalue weighted by atomic mass is 10.00. The van der Waals surface area contributed by atoms with E-state index in [1.807, 2.05) is 53.6 Å². The number of rotatable bonds is 5. The zero-order chi connectivity index (χ0) is 18.5. The average Bonchev–Trinajstić information content (AvgIpc) is 3.07. The smallest absolute Gasteiger partial charge is 0.226 e. The van der Waals surface area contributed by atoms with Gasteiger partial charge in [-0.2, -0.15) is 0 Å². The minimum Gasteiger partial charge on any atom is -0.316 e. The molecule has 27 heavy (non-hydrogen) atoms. The molecule has 3 aromatic carbocycles. The van der Waals surface area contributed by atoms with Gasteiger partial charge in [0, 0.05) is 18.7 Å². The fraction of sp³-hybridized carbons (Fsp3) is 0.160. The van der Waals surface area contributed by atoms with Crippen molar-refractivity contribution < 1.29 is 4.79 Å². The molecule has 0 aliphatic carbocycles. The minimum absolute atomic E-state index is 0.216. The van der Waals surface area contributed by atoms with Crippen molar-refractivity contribution in [3.05, 3.63) is 102 Å². The van der Waals surface area contributed by atoms with E-state index in [1.165, 1.54) is 16.7 Å². The number of nitrogens with zero attached hydrogens (tertiary/aromatic N) is 1. The van der Waals surface area contributed by atoms with Crippen LogP contribution in [0.3, 0.4) is 0 Å². The van der Waals surface area contributed by atoms with Gasteiger partial charge in [0.1, 0.15) is 0 Å². The van der Waals surface area contributed by atoms with E-state index in [0.29, 0.717) is 6.42 Å². The van der Waals surface area contributed by atoms with Crippen LogP contribution in [0.5, 0.6) is 0 Å². The first-order valence-electron chi connectivity index (χ1n) is 9.48. The number of likely N-dealkylation sites (tertiary alicyclic amines) is 1. The molecule has 4 rings (SSSR count). The molecule has 0 radical (unpaired) electrons. The minimum atomic E-state index is 0.216. The Labute approximate surface area is 160 Å². The van der Waals surface area contributed by atoms with Crippen molar-refractivity contribution in [1.82, 2.24) is 4.90 Å². The van der Waals surface area contributed by atoms with Crippen LogP contribution in [-0.4, -0.2) is 16.8 Å². The van der Waals surface area contributed by atoms with Crippen LogP contribution in [0.2, 0.25) is 0 Å². The zero-order valence-electron chi connectivity index (χ0n) is 15.3. The first-order chi connectivity index (χ1) is 13.3. The Kier molecular flexibility index (Phi) is 5.15. The van der Waals surface area contributed by atoms with Crippen LogP contribution in [0, 0.1) is 0 Å². The van der Waals surface area contributed by atoms with Crippen LogP contribution in [0.15, 0.2) is 91.1 Å². The van der Waals surface area contributed by atoms with Crippen LogP contribution in [-0.2, 0) is 11.2 Å². The molecule has 1 aliphatic rings. The molecule has 1 saturated heterocycles. The first-order valence-corrected chi connectivity index (χ1v) is 9.48. The summed E-state index contributed by atoms with van der Waals surface area (Å²) in [5, 5.41) is 0. The summed E-state index contributed by atoms with van der Waals surface area (Å²) in [7, 11) is 0. The highest BCUT2D eigenvalue weighted by Crippen LogP contribution is 2.25. The predicted octanol–water partition coefficient (Wildman–Crippen LogP) is 5.56. The van der Waals surface area contributed by atoms with Crippen molar-refractivity contribution in [2.24, 2.45) is 0 Å². The Bertz CT molecular complexity index is 914. The summed E-state index contributed by atoms with van der Waals surface area (Å²) in [6.07, 6.45) is 6.41. The summed E-state index contributed by atoms with van der Waals surface area (Å²) in [6.45, 7) is 0. The van der Waals surface area contributed by atoms with Gasteiger partial charge in [-0.15, -0.1) is 0 Å². The van der Waals surface area contributed by atoms with Gasteiger partial charge in [-0.25, -0.2) is 0 Å². The monoisotopic (exact) mass is 353 g/mol. The van der Waals surface area contributed by atoms with E-state index in [-0.39, 0.29) is 11.9 Å². The number of hydrogen-bond acceptors (Lipinski definition) is 1. The largest absolute Gasteiger partial charge is 0.316 e. The molecular weight excluding hydrogens is 330 g/mol. The lowest BCUT2D eigenvalue weighted by Gasteiger charge is -2.21. The highest BCUT2D eigenvalue weighted by molar-refractivity contribution is 5.80. The lowest BCUT2D eigenvalue weighted by molar-refractivity contribution is -0.126. The number of amides is 1. The summed E-state index contributed by atoms with van der Waals surface area (Å²) in [5.41, 5.74) is 4.84. The van der Waals surface area contributed by atoms with Gasteiger partial charge >= 0.3 is 0 Å². The quantitative estimate of drug-likeness (QED) is 0.588. The number of carbonyl (C=O) groups is 1. The van der Waals surface area contributed by atoms with Crippen molar-refractivity contribution in [2.45, 2.75) is 25.3 Å². The first kappa shape index (κ1) is 17.3. The summed E-state index contributed by atoms with van der Waals surface area (Å²) < 4.78 is 0. The van der Waals surface area contributed by atoms with Gasteiger partial charge in [0.25, 0.3) is 0 Å². The Hall–Kier alpha value is -3.13. The van der Waals surface area contributed by atoms with E-state index in [0.717, 1.165) is 18.4 Å². The molecule has 0 N–H and O–H groups in total. The maximum Gasteiger partial charge on any atom is 0.226 e. The average molecular weight is 353 g/mol. The fourth-order valence-electron chi connectivity index (χ4n) is 3.63. The summed E-state index contributed by atoms with van der Waals surface area (Å²) in [5.74, 6) is 0.216. The predicted molar refractivity (Wildman–Crippen MR) is 111 cm³/mol. The molecule has 0 bridgehead atoms. The van der Waals surface area contributed by atoms with Gasteiger partial charge in [0.15, 0.2) is 0 Å². The van der Waals surface area contributed by atoms with E-state index >= 15 is 0 Å². The molecule has 3 aromatic rings. The summed E-state index contributed by atoms with van der Waals surface area (Å²) >= 11 is 0. The van der Waals surface area contributed by atoms with Crippen LogP contribution in [0.4, 0.5) is 0 Å². The second-order valence-electron chi connectivity index (χ2n) is 6.99. The molecule has 1 aliphatic heterocycles. The standard InChI is InChI=1S/C25H23NO/c27-25-16-15-24(26(25)18-17-20-7-3-1-4-8-20)19-21-11-13-23(14-12-21)22-9-5-2-6-10-22/h1-14,17-18,24H,15-16,19H2/b18-17+. The highest BCUT2D eigenvalue weighted by atomic mass is 16.2. The fourth-order valence-corrected chi connectivity index (χ4v) is 3.63. The van der Waals surface area contributed by atoms with Crippen LogP contribution in [0.1, 0.15) is 24.0 Å². The summed E-state index contributed by atoms with van der Waals surface area (Å²) in [4.78, 5) is 14.2. The Morgan fingerprint density at radius 2 is 1.44 bits per heavy atom. The van der Waals surface area contributed by atoms with Crippen molar-refractivity contribution in [1.29, 1.82) is 0 Å². The Morgan fingerprint density at radius 1 is 0.815 bits per heavy atom. The third kappa shape index (κ3) is 4.17. The van der Waals surface area contributed by atoms with Crippen LogP contribution in [0.25, 0.3) is 17.2 Å². The lowest BCUT2D eigenvalue weighted by Crippen LogP contribution is -2.29. The number of benzene rings is 3. The second kappa shape index (κ2) is 8.05. The van der Waals surface area contributed by atoms with Crippen molar-refractivity contribution in [3.63, 3.8) is 0 Å². The van der Waals surface area contributed by atoms with E-state index < -0.39 is 0 Å². The van der Waals surface area contributed by atoms with E-state index in [9.17, 15) is 4.79 Å². The zero-order valence-corrected chi connectivity index (χ0v) is 15.3. The van der Waals surface area contributed by atoms with Gasteiger partial charge in [0.05, 0.1) is 0 Å². The maximum absolute atomic E-state index is 12.3. The Morgan fingerprint density at radius 3 is 2.15 bits per heavy atom. The molecule has 0 aromatic heterocycles. The third-order valence-corrected chi connectivity index (χ3v) is 5.13. The molecular formula is C25H23NO. The molecule has 2 nitrogen and oxygen atoms in total. The topological polar surface area (TPSA) is 20.3 Å². The van der Waals surface area contributed by atoms with Crippen molar-refractivity contribution in [3.8, 4) is 11.1 Å².